The van der Waals surface area contributed by atoms with Gasteiger partial charge >= 0.3 is 6.09 Å². The lowest BCUT2D eigenvalue weighted by molar-refractivity contribution is 0.0183. The first-order valence-corrected chi connectivity index (χ1v) is 7.52. The van der Waals surface area contributed by atoms with Gasteiger partial charge in [0, 0.05) is 18.7 Å². The third-order valence-corrected chi connectivity index (χ3v) is 3.92. The van der Waals surface area contributed by atoms with Crippen molar-refractivity contribution in [1.29, 1.82) is 5.26 Å². The van der Waals surface area contributed by atoms with E-state index in [4.69, 9.17) is 4.74 Å². The van der Waals surface area contributed by atoms with Crippen molar-refractivity contribution < 1.29 is 18.3 Å². The summed E-state index contributed by atoms with van der Waals surface area (Å²) in [5.74, 6) is -1.45. The van der Waals surface area contributed by atoms with Crippen molar-refractivity contribution in [1.82, 2.24) is 4.90 Å². The summed E-state index contributed by atoms with van der Waals surface area (Å²) in [5, 5.41) is 9.54. The summed E-state index contributed by atoms with van der Waals surface area (Å²) < 4.78 is 33.4. The number of hydrogen-bond donors (Lipinski definition) is 0. The van der Waals surface area contributed by atoms with Crippen molar-refractivity contribution in [3.63, 3.8) is 0 Å². The molecule has 0 spiro atoms. The maximum absolute atomic E-state index is 14.0. The van der Waals surface area contributed by atoms with Gasteiger partial charge in [0.25, 0.3) is 0 Å². The SMILES string of the molecule is CC(C)(C)OC(=O)N1CCC(C#N)(c2c(F)cccc2F)CC1. The van der Waals surface area contributed by atoms with E-state index in [1.165, 1.54) is 11.0 Å². The van der Waals surface area contributed by atoms with Crippen molar-refractivity contribution >= 4 is 6.09 Å². The third kappa shape index (κ3) is 3.61. The molecule has 1 aliphatic rings. The first kappa shape index (κ1) is 17.2. The van der Waals surface area contributed by atoms with Crippen LogP contribution in [0.1, 0.15) is 39.2 Å². The molecule has 4 nitrogen and oxygen atoms in total. The average Bonchev–Trinajstić information content (AvgIpc) is 2.45. The van der Waals surface area contributed by atoms with Gasteiger partial charge in [0.05, 0.1) is 11.5 Å². The molecule has 1 saturated heterocycles. The fourth-order valence-electron chi connectivity index (χ4n) is 2.77. The highest BCUT2D eigenvalue weighted by atomic mass is 19.1. The number of nitrogens with zero attached hydrogens (tertiary/aromatic N) is 2. The van der Waals surface area contributed by atoms with Crippen LogP contribution in [0, 0.1) is 23.0 Å². The fourth-order valence-corrected chi connectivity index (χ4v) is 2.77. The summed E-state index contributed by atoms with van der Waals surface area (Å²) in [6.07, 6.45) is -0.140. The van der Waals surface area contributed by atoms with E-state index in [9.17, 15) is 18.8 Å². The minimum absolute atomic E-state index is 0.167. The fraction of sp³-hybridized carbons (Fsp3) is 0.529. The molecule has 23 heavy (non-hydrogen) atoms. The van der Waals surface area contributed by atoms with Gasteiger partial charge < -0.3 is 9.64 Å². The first-order chi connectivity index (χ1) is 10.7. The van der Waals surface area contributed by atoms with Crippen molar-refractivity contribution in [3.8, 4) is 6.07 Å². The van der Waals surface area contributed by atoms with Crippen LogP contribution in [0.15, 0.2) is 18.2 Å². The summed E-state index contributed by atoms with van der Waals surface area (Å²) >= 11 is 0. The van der Waals surface area contributed by atoms with E-state index in [-0.39, 0.29) is 31.5 Å². The van der Waals surface area contributed by atoms with Crippen LogP contribution < -0.4 is 0 Å². The average molecular weight is 322 g/mol. The van der Waals surface area contributed by atoms with Crippen molar-refractivity contribution in [2.24, 2.45) is 0 Å². The Labute approximate surface area is 134 Å². The number of ether oxygens (including phenoxy) is 1. The Morgan fingerprint density at radius 1 is 1.26 bits per heavy atom. The van der Waals surface area contributed by atoms with Crippen LogP contribution in [0.4, 0.5) is 13.6 Å². The van der Waals surface area contributed by atoms with Crippen molar-refractivity contribution in [2.75, 3.05) is 13.1 Å². The van der Waals surface area contributed by atoms with Crippen LogP contribution in [-0.2, 0) is 10.2 Å². The zero-order valence-electron chi connectivity index (χ0n) is 13.5. The standard InChI is InChI=1S/C17H20F2N2O2/c1-16(2,3)23-15(22)21-9-7-17(11-20,8-10-21)14-12(18)5-4-6-13(14)19/h4-6H,7-10H2,1-3H3. The van der Waals surface area contributed by atoms with Gasteiger partial charge in [-0.25, -0.2) is 13.6 Å². The van der Waals surface area contributed by atoms with E-state index in [0.717, 1.165) is 12.1 Å². The number of hydrogen-bond acceptors (Lipinski definition) is 3. The zero-order valence-corrected chi connectivity index (χ0v) is 13.5. The molecule has 1 aromatic rings. The van der Waals surface area contributed by atoms with Crippen LogP contribution in [0.5, 0.6) is 0 Å². The molecule has 1 heterocycles. The smallest absolute Gasteiger partial charge is 0.410 e. The molecule has 1 aromatic carbocycles. The largest absolute Gasteiger partial charge is 0.444 e. The molecule has 1 fully saturated rings. The Bertz CT molecular complexity index is 619. The lowest BCUT2D eigenvalue weighted by Gasteiger charge is -2.38. The summed E-state index contributed by atoms with van der Waals surface area (Å²) in [6, 6.07) is 5.64. The van der Waals surface area contributed by atoms with Gasteiger partial charge in [-0.2, -0.15) is 5.26 Å². The number of rotatable bonds is 1. The van der Waals surface area contributed by atoms with Gasteiger partial charge in [0.15, 0.2) is 0 Å². The number of piperidine rings is 1. The Morgan fingerprint density at radius 3 is 2.22 bits per heavy atom. The second-order valence-electron chi connectivity index (χ2n) is 6.76. The highest BCUT2D eigenvalue weighted by Crippen LogP contribution is 2.38. The Kier molecular flexibility index (Phi) is 4.60. The molecule has 124 valence electrons. The van der Waals surface area contributed by atoms with Gasteiger partial charge in [0.1, 0.15) is 17.2 Å². The molecule has 0 aliphatic carbocycles. The van der Waals surface area contributed by atoms with Crippen LogP contribution in [-0.4, -0.2) is 29.7 Å². The minimum atomic E-state index is -1.26. The Morgan fingerprint density at radius 2 is 1.78 bits per heavy atom. The molecular formula is C17H20F2N2O2. The molecule has 1 amide bonds. The number of halogens is 2. The normalized spacial score (nSPS) is 17.5. The first-order valence-electron chi connectivity index (χ1n) is 7.52. The molecule has 0 aromatic heterocycles. The topological polar surface area (TPSA) is 53.3 Å². The quantitative estimate of drug-likeness (QED) is 0.791. The lowest BCUT2D eigenvalue weighted by atomic mass is 9.73. The van der Waals surface area contributed by atoms with Gasteiger partial charge in [0.2, 0.25) is 0 Å². The minimum Gasteiger partial charge on any atom is -0.444 e. The number of amides is 1. The van der Waals surface area contributed by atoms with Gasteiger partial charge in [-0.3, -0.25) is 0 Å². The van der Waals surface area contributed by atoms with E-state index in [0.29, 0.717) is 0 Å². The van der Waals surface area contributed by atoms with E-state index < -0.39 is 28.7 Å². The maximum Gasteiger partial charge on any atom is 0.410 e. The summed E-state index contributed by atoms with van der Waals surface area (Å²) in [6.45, 7) is 5.74. The molecule has 0 radical (unpaired) electrons. The summed E-state index contributed by atoms with van der Waals surface area (Å²) in [7, 11) is 0. The predicted octanol–water partition coefficient (Wildman–Crippen LogP) is 3.76. The van der Waals surface area contributed by atoms with Crippen LogP contribution >= 0.6 is 0 Å². The highest BCUT2D eigenvalue weighted by Gasteiger charge is 2.42. The molecule has 1 aliphatic heterocycles. The summed E-state index contributed by atoms with van der Waals surface area (Å²) in [5.41, 5.74) is -2.07. The molecular weight excluding hydrogens is 302 g/mol. The molecule has 0 atom stereocenters. The van der Waals surface area contributed by atoms with Gasteiger partial charge in [-0.1, -0.05) is 6.07 Å². The molecule has 6 heteroatoms. The van der Waals surface area contributed by atoms with Crippen molar-refractivity contribution in [2.45, 2.75) is 44.6 Å². The number of carbonyl (C=O) groups excluding carboxylic acids is 1. The molecule has 2 rings (SSSR count). The lowest BCUT2D eigenvalue weighted by Crippen LogP contribution is -2.47. The second kappa shape index (κ2) is 6.15. The van der Waals surface area contributed by atoms with Gasteiger partial charge in [-0.15, -0.1) is 0 Å². The molecule has 0 saturated carbocycles. The number of nitriles is 1. The molecule has 0 N–H and O–H groups in total. The van der Waals surface area contributed by atoms with E-state index in [1.54, 1.807) is 20.8 Å². The van der Waals surface area contributed by atoms with Gasteiger partial charge in [-0.05, 0) is 45.7 Å². The Hall–Kier alpha value is -2.16. The van der Waals surface area contributed by atoms with Crippen molar-refractivity contribution in [3.05, 3.63) is 35.4 Å². The number of likely N-dealkylation sites (tertiary alicyclic amines) is 1. The molecule has 0 unspecified atom stereocenters. The molecule has 0 bridgehead atoms. The third-order valence-electron chi connectivity index (χ3n) is 3.92. The second-order valence-corrected chi connectivity index (χ2v) is 6.76. The summed E-state index contributed by atoms with van der Waals surface area (Å²) in [4.78, 5) is 13.5. The van der Waals surface area contributed by atoms with E-state index in [1.807, 2.05) is 0 Å². The maximum atomic E-state index is 14.0. The number of benzene rings is 1. The monoisotopic (exact) mass is 322 g/mol. The van der Waals surface area contributed by atoms with Crippen LogP contribution in [0.2, 0.25) is 0 Å². The highest BCUT2D eigenvalue weighted by molar-refractivity contribution is 5.68. The van der Waals surface area contributed by atoms with E-state index in [2.05, 4.69) is 6.07 Å². The van der Waals surface area contributed by atoms with E-state index >= 15 is 0 Å². The predicted molar refractivity (Wildman–Crippen MR) is 80.7 cm³/mol. The zero-order chi connectivity index (χ0) is 17.3. The van der Waals surface area contributed by atoms with Crippen LogP contribution in [0.25, 0.3) is 0 Å². The van der Waals surface area contributed by atoms with Crippen LogP contribution in [0.3, 0.4) is 0 Å². The Balaban J connectivity index is 2.18. The number of carbonyl (C=O) groups is 1.